The van der Waals surface area contributed by atoms with Crippen molar-refractivity contribution in [3.8, 4) is 0 Å². The summed E-state index contributed by atoms with van der Waals surface area (Å²) in [7, 11) is 2.80. The molecule has 0 amide bonds. The van der Waals surface area contributed by atoms with Gasteiger partial charge in [-0.15, -0.1) is 0 Å². The van der Waals surface area contributed by atoms with Crippen molar-refractivity contribution in [2.75, 3.05) is 13.1 Å². The molecule has 2 heteroatoms. The molecule has 1 spiro atoms. The van der Waals surface area contributed by atoms with Crippen LogP contribution in [0.25, 0.3) is 0 Å². The molecule has 1 heterocycles. The molecule has 2 rings (SSSR count). The summed E-state index contributed by atoms with van der Waals surface area (Å²) in [5, 5.41) is 0. The number of hydrogen-bond donors (Lipinski definition) is 0. The van der Waals surface area contributed by atoms with Crippen LogP contribution < -0.4 is 0 Å². The van der Waals surface area contributed by atoms with Gasteiger partial charge in [0.05, 0.1) is 0 Å². The van der Waals surface area contributed by atoms with Gasteiger partial charge in [-0.1, -0.05) is 9.39 Å². The minimum Gasteiger partial charge on any atom is -0.287 e. The summed E-state index contributed by atoms with van der Waals surface area (Å²) in [5.74, 6) is 0. The van der Waals surface area contributed by atoms with E-state index in [4.69, 9.17) is 0 Å². The minimum atomic E-state index is 0.854. The number of nitrogens with zero attached hydrogens (tertiary/aromatic N) is 1. The highest BCUT2D eigenvalue weighted by molar-refractivity contribution is 7.13. The Labute approximate surface area is 59.1 Å². The zero-order chi connectivity index (χ0) is 6.32. The molecule has 1 atom stereocenters. The van der Waals surface area contributed by atoms with Crippen LogP contribution in [0, 0.1) is 5.41 Å². The molecular weight excluding hydrogens is 129 g/mol. The second kappa shape index (κ2) is 1.93. The molecule has 0 aromatic rings. The lowest BCUT2D eigenvalue weighted by atomic mass is 9.95. The van der Waals surface area contributed by atoms with Gasteiger partial charge >= 0.3 is 0 Å². The van der Waals surface area contributed by atoms with E-state index < -0.39 is 0 Å². The normalized spacial score (nSPS) is 33.0. The maximum Gasteiger partial charge on any atom is 0.00214 e. The summed E-state index contributed by atoms with van der Waals surface area (Å²) >= 11 is 0. The van der Waals surface area contributed by atoms with Crippen molar-refractivity contribution in [3.63, 3.8) is 0 Å². The molecule has 0 bridgehead atoms. The van der Waals surface area contributed by atoms with Crippen LogP contribution in [0.5, 0.6) is 0 Å². The Kier molecular flexibility index (Phi) is 1.32. The Hall–Kier alpha value is 0.390. The quantitative estimate of drug-likeness (QED) is 0.466. The van der Waals surface area contributed by atoms with Crippen LogP contribution in [0.4, 0.5) is 0 Å². The first-order valence-corrected chi connectivity index (χ1v) is 4.32. The molecule has 1 nitrogen and oxygen atoms in total. The van der Waals surface area contributed by atoms with Gasteiger partial charge in [-0.2, -0.15) is 0 Å². The number of piperidine rings is 1. The smallest absolute Gasteiger partial charge is 0.00214 e. The van der Waals surface area contributed by atoms with Crippen molar-refractivity contribution in [1.82, 2.24) is 4.67 Å². The van der Waals surface area contributed by atoms with Gasteiger partial charge in [0.1, 0.15) is 0 Å². The van der Waals surface area contributed by atoms with Gasteiger partial charge in [0.2, 0.25) is 0 Å². The Morgan fingerprint density at radius 3 is 2.00 bits per heavy atom. The van der Waals surface area contributed by atoms with E-state index in [-0.39, 0.29) is 0 Å². The first-order chi connectivity index (χ1) is 4.31. The third-order valence-corrected chi connectivity index (χ3v) is 3.33. The molecule has 2 fully saturated rings. The zero-order valence-electron chi connectivity index (χ0n) is 5.77. The van der Waals surface area contributed by atoms with Gasteiger partial charge in [-0.25, -0.2) is 0 Å². The molecule has 1 unspecified atom stereocenters. The highest BCUT2D eigenvalue weighted by Crippen LogP contribution is 2.53. The van der Waals surface area contributed by atoms with Crippen molar-refractivity contribution in [2.24, 2.45) is 5.41 Å². The molecule has 1 saturated carbocycles. The summed E-state index contributed by atoms with van der Waals surface area (Å²) in [6.45, 7) is 2.62. The summed E-state index contributed by atoms with van der Waals surface area (Å²) in [5.41, 5.74) is 0.854. The summed E-state index contributed by atoms with van der Waals surface area (Å²) in [4.78, 5) is 0. The highest BCUT2D eigenvalue weighted by Gasteiger charge is 2.43. The van der Waals surface area contributed by atoms with Crippen LogP contribution in [0.1, 0.15) is 25.7 Å². The summed E-state index contributed by atoms with van der Waals surface area (Å²) in [6, 6.07) is 0. The van der Waals surface area contributed by atoms with E-state index in [1.54, 1.807) is 0 Å². The molecule has 2 aliphatic rings. The lowest BCUT2D eigenvalue weighted by Gasteiger charge is -2.28. The van der Waals surface area contributed by atoms with Crippen LogP contribution in [-0.4, -0.2) is 17.8 Å². The van der Waals surface area contributed by atoms with Gasteiger partial charge in [-0.05, 0) is 31.1 Å². The fourth-order valence-electron chi connectivity index (χ4n) is 1.68. The molecule has 0 aromatic heterocycles. The van der Waals surface area contributed by atoms with Gasteiger partial charge in [0.15, 0.2) is 0 Å². The maximum atomic E-state index is 2.80. The Balaban J connectivity index is 1.91. The average Bonchev–Trinajstić information content (AvgIpc) is 2.60. The lowest BCUT2D eigenvalue weighted by molar-refractivity contribution is 0.273. The van der Waals surface area contributed by atoms with Crippen molar-refractivity contribution >= 4 is 9.39 Å². The van der Waals surface area contributed by atoms with E-state index in [1.165, 1.54) is 38.8 Å². The van der Waals surface area contributed by atoms with Gasteiger partial charge < -0.3 is 0 Å². The van der Waals surface area contributed by atoms with Crippen LogP contribution in [0.3, 0.4) is 0 Å². The molecule has 52 valence electrons. The molecule has 1 aliphatic heterocycles. The zero-order valence-corrected chi connectivity index (χ0v) is 6.92. The van der Waals surface area contributed by atoms with Gasteiger partial charge in [0, 0.05) is 13.1 Å². The second-order valence-electron chi connectivity index (χ2n) is 3.54. The van der Waals surface area contributed by atoms with E-state index in [1.807, 2.05) is 0 Å². The van der Waals surface area contributed by atoms with Crippen molar-refractivity contribution in [3.05, 3.63) is 0 Å². The van der Waals surface area contributed by atoms with Crippen LogP contribution in [0.2, 0.25) is 0 Å². The van der Waals surface area contributed by atoms with E-state index >= 15 is 0 Å². The van der Waals surface area contributed by atoms with Gasteiger partial charge in [0.25, 0.3) is 0 Å². The second-order valence-corrected chi connectivity index (χ2v) is 4.27. The van der Waals surface area contributed by atoms with Crippen molar-refractivity contribution in [1.29, 1.82) is 0 Å². The topological polar surface area (TPSA) is 3.24 Å². The predicted molar refractivity (Wildman–Crippen MR) is 42.2 cm³/mol. The minimum absolute atomic E-state index is 0.854. The first kappa shape index (κ1) is 6.12. The average molecular weight is 143 g/mol. The monoisotopic (exact) mass is 143 g/mol. The third kappa shape index (κ3) is 1.13. The number of hydrogen-bond acceptors (Lipinski definition) is 1. The maximum absolute atomic E-state index is 2.80. The fourth-order valence-corrected chi connectivity index (χ4v) is 1.93. The molecule has 1 aliphatic carbocycles. The Morgan fingerprint density at radius 1 is 1.00 bits per heavy atom. The first-order valence-electron chi connectivity index (χ1n) is 3.80. The number of rotatable bonds is 0. The molecule has 0 N–H and O–H groups in total. The largest absolute Gasteiger partial charge is 0.287 e. The SMILES string of the molecule is PN1CCC2(CC1)CC2. The van der Waals surface area contributed by atoms with E-state index in [0.717, 1.165) is 5.41 Å². The van der Waals surface area contributed by atoms with Crippen LogP contribution in [-0.2, 0) is 0 Å². The summed E-state index contributed by atoms with van der Waals surface area (Å²) < 4.78 is 2.36. The molecular formula is C7H14NP. The van der Waals surface area contributed by atoms with Gasteiger partial charge in [-0.3, -0.25) is 4.67 Å². The van der Waals surface area contributed by atoms with E-state index in [2.05, 4.69) is 14.1 Å². The van der Waals surface area contributed by atoms with Crippen molar-refractivity contribution < 1.29 is 0 Å². The molecule has 1 saturated heterocycles. The standard InChI is InChI=1S/C7H14NP/c9-8-5-3-7(1-2-7)4-6-8/h1-6,9H2. The van der Waals surface area contributed by atoms with E-state index in [9.17, 15) is 0 Å². The fraction of sp³-hybridized carbons (Fsp3) is 1.00. The molecule has 0 aromatic carbocycles. The third-order valence-electron chi connectivity index (χ3n) is 2.82. The molecule has 0 radical (unpaired) electrons. The predicted octanol–water partition coefficient (Wildman–Crippen LogP) is 1.65. The Bertz CT molecular complexity index is 110. The van der Waals surface area contributed by atoms with Crippen LogP contribution in [0.15, 0.2) is 0 Å². The van der Waals surface area contributed by atoms with Crippen molar-refractivity contribution in [2.45, 2.75) is 25.7 Å². The molecule has 9 heavy (non-hydrogen) atoms. The Morgan fingerprint density at radius 2 is 1.56 bits per heavy atom. The lowest BCUT2D eigenvalue weighted by Crippen LogP contribution is -2.26. The summed E-state index contributed by atoms with van der Waals surface area (Å²) in [6.07, 6.45) is 5.95. The van der Waals surface area contributed by atoms with Crippen LogP contribution >= 0.6 is 9.39 Å². The van der Waals surface area contributed by atoms with E-state index in [0.29, 0.717) is 0 Å². The highest BCUT2D eigenvalue weighted by atomic mass is 31.0.